The number of ether oxygens (including phenoxy) is 4. The van der Waals surface area contributed by atoms with Crippen molar-refractivity contribution in [1.29, 1.82) is 0 Å². The average molecular weight is 222 g/mol. The van der Waals surface area contributed by atoms with E-state index in [4.69, 9.17) is 24.7 Å². The fourth-order valence-electron chi connectivity index (χ4n) is 0.908. The highest BCUT2D eigenvalue weighted by atomic mass is 17.0. The number of urea groups is 1. The van der Waals surface area contributed by atoms with Crippen LogP contribution in [-0.4, -0.2) is 46.7 Å². The molecule has 0 radical (unpaired) electrons. The number of methoxy groups -OCH3 is 3. The van der Waals surface area contributed by atoms with Crippen molar-refractivity contribution in [3.05, 3.63) is 0 Å². The van der Waals surface area contributed by atoms with Gasteiger partial charge in [0, 0.05) is 27.9 Å². The van der Waals surface area contributed by atoms with Crippen LogP contribution in [0.5, 0.6) is 0 Å². The number of amides is 2. The first-order chi connectivity index (χ1) is 7.10. The number of hydrogen-bond donors (Lipinski definition) is 2. The summed E-state index contributed by atoms with van der Waals surface area (Å²) in [6.07, 6.45) is -0.909. The van der Waals surface area contributed by atoms with Gasteiger partial charge in [0.15, 0.2) is 0 Å². The van der Waals surface area contributed by atoms with Crippen molar-refractivity contribution in [2.75, 3.05) is 34.5 Å². The van der Waals surface area contributed by atoms with Gasteiger partial charge in [-0.1, -0.05) is 0 Å². The highest BCUT2D eigenvalue weighted by molar-refractivity contribution is 5.71. The summed E-state index contributed by atoms with van der Waals surface area (Å²) in [7, 11) is 4.19. The van der Waals surface area contributed by atoms with Crippen LogP contribution in [0.1, 0.15) is 6.42 Å². The average Bonchev–Trinajstić information content (AvgIpc) is 2.24. The Labute approximate surface area is 88.8 Å². The summed E-state index contributed by atoms with van der Waals surface area (Å²) >= 11 is 0. The smallest absolute Gasteiger partial charge is 0.352 e. The van der Waals surface area contributed by atoms with E-state index in [1.54, 1.807) is 0 Å². The summed E-state index contributed by atoms with van der Waals surface area (Å²) in [5.74, 6) is 0. The standard InChI is InChI=1S/C8H18N2O5/c1-12-8(13-2,14-3)15-6-4-5-10-7(9)11/h4-6H2,1-3H3,(H3,9,10,11). The lowest BCUT2D eigenvalue weighted by Gasteiger charge is -2.27. The van der Waals surface area contributed by atoms with E-state index in [1.807, 2.05) is 0 Å². The normalized spacial score (nSPS) is 11.4. The van der Waals surface area contributed by atoms with Gasteiger partial charge in [-0.2, -0.15) is 0 Å². The first-order valence-electron chi connectivity index (χ1n) is 4.43. The highest BCUT2D eigenvalue weighted by Crippen LogP contribution is 2.13. The molecule has 90 valence electrons. The zero-order chi connectivity index (χ0) is 11.7. The van der Waals surface area contributed by atoms with Gasteiger partial charge in [-0.05, 0) is 6.42 Å². The summed E-state index contributed by atoms with van der Waals surface area (Å²) in [6.45, 7) is 0.721. The summed E-state index contributed by atoms with van der Waals surface area (Å²) in [5.41, 5.74) is 4.87. The molecule has 0 spiro atoms. The monoisotopic (exact) mass is 222 g/mol. The van der Waals surface area contributed by atoms with Crippen LogP contribution < -0.4 is 11.1 Å². The molecule has 0 rings (SSSR count). The van der Waals surface area contributed by atoms with Gasteiger partial charge in [-0.3, -0.25) is 0 Å². The first kappa shape index (κ1) is 14.1. The van der Waals surface area contributed by atoms with E-state index in [9.17, 15) is 4.79 Å². The van der Waals surface area contributed by atoms with Crippen LogP contribution in [0.4, 0.5) is 4.79 Å². The van der Waals surface area contributed by atoms with Crippen LogP contribution in [0.2, 0.25) is 0 Å². The first-order valence-corrected chi connectivity index (χ1v) is 4.43. The Morgan fingerprint density at radius 2 is 1.80 bits per heavy atom. The molecule has 0 aromatic heterocycles. The highest BCUT2D eigenvalue weighted by Gasteiger charge is 2.30. The molecule has 0 aliphatic carbocycles. The zero-order valence-corrected chi connectivity index (χ0v) is 9.24. The third kappa shape index (κ3) is 5.53. The molecule has 0 aromatic carbocycles. The lowest BCUT2D eigenvalue weighted by Crippen LogP contribution is -2.40. The molecular formula is C8H18N2O5. The van der Waals surface area contributed by atoms with E-state index in [0.29, 0.717) is 19.6 Å². The van der Waals surface area contributed by atoms with Gasteiger partial charge in [0.05, 0.1) is 6.61 Å². The van der Waals surface area contributed by atoms with E-state index >= 15 is 0 Å². The summed E-state index contributed by atoms with van der Waals surface area (Å²) in [6, 6.07) is -0.563. The van der Waals surface area contributed by atoms with Crippen molar-refractivity contribution in [2.24, 2.45) is 5.73 Å². The molecular weight excluding hydrogens is 204 g/mol. The number of rotatable bonds is 8. The maximum Gasteiger partial charge on any atom is 0.411 e. The lowest BCUT2D eigenvalue weighted by molar-refractivity contribution is -0.479. The molecule has 0 unspecified atom stereocenters. The second kappa shape index (κ2) is 7.41. The van der Waals surface area contributed by atoms with Crippen LogP contribution in [0.25, 0.3) is 0 Å². The van der Waals surface area contributed by atoms with Crippen molar-refractivity contribution in [3.63, 3.8) is 0 Å². The lowest BCUT2D eigenvalue weighted by atomic mass is 10.4. The van der Waals surface area contributed by atoms with E-state index in [1.165, 1.54) is 21.3 Å². The summed E-state index contributed by atoms with van der Waals surface area (Å²) in [4.78, 5) is 10.3. The summed E-state index contributed by atoms with van der Waals surface area (Å²) < 4.78 is 19.9. The minimum Gasteiger partial charge on any atom is -0.352 e. The number of carbonyl (C=O) groups is 1. The molecule has 15 heavy (non-hydrogen) atoms. The second-order valence-corrected chi connectivity index (χ2v) is 2.61. The Balaban J connectivity index is 3.67. The fourth-order valence-corrected chi connectivity index (χ4v) is 0.908. The molecule has 0 aromatic rings. The minimum absolute atomic E-state index is 0.301. The van der Waals surface area contributed by atoms with Gasteiger partial charge in [-0.25, -0.2) is 4.79 Å². The Hall–Kier alpha value is -0.890. The zero-order valence-electron chi connectivity index (χ0n) is 9.24. The third-order valence-corrected chi connectivity index (χ3v) is 1.65. The topological polar surface area (TPSA) is 92.0 Å². The van der Waals surface area contributed by atoms with Crippen molar-refractivity contribution in [3.8, 4) is 0 Å². The Kier molecular flexibility index (Phi) is 6.97. The number of hydrogen-bond acceptors (Lipinski definition) is 5. The quantitative estimate of drug-likeness (QED) is 0.431. The third-order valence-electron chi connectivity index (χ3n) is 1.65. The van der Waals surface area contributed by atoms with E-state index < -0.39 is 12.2 Å². The van der Waals surface area contributed by atoms with Crippen LogP contribution in [0.15, 0.2) is 0 Å². The molecule has 0 bridgehead atoms. The van der Waals surface area contributed by atoms with Gasteiger partial charge >= 0.3 is 12.2 Å². The minimum atomic E-state index is -1.48. The van der Waals surface area contributed by atoms with Crippen molar-refractivity contribution in [1.82, 2.24) is 5.32 Å². The van der Waals surface area contributed by atoms with Gasteiger partial charge < -0.3 is 30.0 Å². The Morgan fingerprint density at radius 3 is 2.20 bits per heavy atom. The largest absolute Gasteiger partial charge is 0.411 e. The molecule has 0 atom stereocenters. The van der Waals surface area contributed by atoms with Crippen LogP contribution in [0, 0.1) is 0 Å². The van der Waals surface area contributed by atoms with Crippen molar-refractivity contribution >= 4 is 6.03 Å². The molecule has 0 saturated heterocycles. The van der Waals surface area contributed by atoms with Crippen LogP contribution >= 0.6 is 0 Å². The molecule has 7 nitrogen and oxygen atoms in total. The molecule has 0 aliphatic rings. The predicted molar refractivity (Wildman–Crippen MR) is 51.9 cm³/mol. The molecule has 7 heteroatoms. The molecule has 3 N–H and O–H groups in total. The number of carbonyl (C=O) groups excluding carboxylic acids is 1. The van der Waals surface area contributed by atoms with E-state index in [2.05, 4.69) is 5.32 Å². The van der Waals surface area contributed by atoms with Crippen molar-refractivity contribution in [2.45, 2.75) is 12.6 Å². The van der Waals surface area contributed by atoms with E-state index in [0.717, 1.165) is 0 Å². The molecule has 0 saturated carbocycles. The van der Waals surface area contributed by atoms with E-state index in [-0.39, 0.29) is 0 Å². The summed E-state index contributed by atoms with van der Waals surface area (Å²) in [5, 5.41) is 2.42. The molecule has 0 aliphatic heterocycles. The maximum absolute atomic E-state index is 10.3. The molecule has 2 amide bonds. The Bertz CT molecular complexity index is 176. The number of nitrogens with one attached hydrogen (secondary N) is 1. The number of nitrogens with two attached hydrogens (primary N) is 1. The number of primary amides is 1. The van der Waals surface area contributed by atoms with Gasteiger partial charge in [0.2, 0.25) is 0 Å². The van der Waals surface area contributed by atoms with Crippen molar-refractivity contribution < 1.29 is 23.7 Å². The molecule has 0 heterocycles. The van der Waals surface area contributed by atoms with Gasteiger partial charge in [-0.15, -0.1) is 0 Å². The van der Waals surface area contributed by atoms with Crippen LogP contribution in [0.3, 0.4) is 0 Å². The Morgan fingerprint density at radius 1 is 1.27 bits per heavy atom. The van der Waals surface area contributed by atoms with Gasteiger partial charge in [0.1, 0.15) is 0 Å². The second-order valence-electron chi connectivity index (χ2n) is 2.61. The van der Waals surface area contributed by atoms with Gasteiger partial charge in [0.25, 0.3) is 0 Å². The van der Waals surface area contributed by atoms with Crippen LogP contribution in [-0.2, 0) is 18.9 Å². The molecule has 0 fully saturated rings. The SMILES string of the molecule is COC(OC)(OC)OCCCNC(N)=O. The maximum atomic E-state index is 10.3. The fraction of sp³-hybridized carbons (Fsp3) is 0.875. The predicted octanol–water partition coefficient (Wildman–Crippen LogP) is -0.388.